The Bertz CT molecular complexity index is 351. The standard InChI is InChI=1S/C12H16N2O/c1-10-5-4-7-13-12(10)14-8-3-2-6-11(14)9-15/h4-5,7,9,11H,2-3,6,8H2,1H3. The molecular formula is C12H16N2O. The molecule has 1 fully saturated rings. The summed E-state index contributed by atoms with van der Waals surface area (Å²) in [7, 11) is 0. The molecule has 0 bridgehead atoms. The highest BCUT2D eigenvalue weighted by Gasteiger charge is 2.23. The number of rotatable bonds is 2. The van der Waals surface area contributed by atoms with Crippen LogP contribution in [-0.4, -0.2) is 23.9 Å². The van der Waals surface area contributed by atoms with Crippen LogP contribution in [0.4, 0.5) is 5.82 Å². The largest absolute Gasteiger partial charge is 0.347 e. The number of aryl methyl sites for hydroxylation is 1. The van der Waals surface area contributed by atoms with Crippen molar-refractivity contribution in [2.75, 3.05) is 11.4 Å². The molecule has 1 unspecified atom stereocenters. The summed E-state index contributed by atoms with van der Waals surface area (Å²) < 4.78 is 0. The maximum atomic E-state index is 11.0. The van der Waals surface area contributed by atoms with E-state index in [1.807, 2.05) is 19.1 Å². The summed E-state index contributed by atoms with van der Waals surface area (Å²) in [6.07, 6.45) is 6.09. The van der Waals surface area contributed by atoms with E-state index in [1.54, 1.807) is 6.20 Å². The summed E-state index contributed by atoms with van der Waals surface area (Å²) in [5.74, 6) is 0.967. The fourth-order valence-corrected chi connectivity index (χ4v) is 2.14. The van der Waals surface area contributed by atoms with Gasteiger partial charge in [0.25, 0.3) is 0 Å². The van der Waals surface area contributed by atoms with Crippen LogP contribution < -0.4 is 4.90 Å². The first-order valence-electron chi connectivity index (χ1n) is 5.46. The fraction of sp³-hybridized carbons (Fsp3) is 0.500. The van der Waals surface area contributed by atoms with E-state index < -0.39 is 0 Å². The second kappa shape index (κ2) is 4.43. The highest BCUT2D eigenvalue weighted by atomic mass is 16.1. The first-order chi connectivity index (χ1) is 7.33. The first kappa shape index (κ1) is 10.1. The molecule has 0 saturated carbocycles. The zero-order valence-electron chi connectivity index (χ0n) is 9.02. The van der Waals surface area contributed by atoms with Crippen molar-refractivity contribution in [2.24, 2.45) is 0 Å². The molecule has 1 aliphatic rings. The van der Waals surface area contributed by atoms with Crippen LogP contribution in [0.5, 0.6) is 0 Å². The van der Waals surface area contributed by atoms with Gasteiger partial charge in [-0.25, -0.2) is 4.98 Å². The van der Waals surface area contributed by atoms with E-state index in [0.29, 0.717) is 0 Å². The third-order valence-electron chi connectivity index (χ3n) is 2.96. The van der Waals surface area contributed by atoms with Gasteiger partial charge in [-0.05, 0) is 37.8 Å². The lowest BCUT2D eigenvalue weighted by molar-refractivity contribution is -0.109. The van der Waals surface area contributed by atoms with Gasteiger partial charge in [0.1, 0.15) is 12.1 Å². The molecule has 15 heavy (non-hydrogen) atoms. The van der Waals surface area contributed by atoms with Crippen LogP contribution in [0.25, 0.3) is 0 Å². The molecule has 80 valence electrons. The molecule has 1 aliphatic heterocycles. The molecule has 0 N–H and O–H groups in total. The Kier molecular flexibility index (Phi) is 2.99. The van der Waals surface area contributed by atoms with Crippen molar-refractivity contribution in [2.45, 2.75) is 32.2 Å². The van der Waals surface area contributed by atoms with Crippen LogP contribution in [0.3, 0.4) is 0 Å². The van der Waals surface area contributed by atoms with Crippen molar-refractivity contribution in [1.29, 1.82) is 0 Å². The van der Waals surface area contributed by atoms with Gasteiger partial charge in [0, 0.05) is 12.7 Å². The Hall–Kier alpha value is -1.38. The van der Waals surface area contributed by atoms with Crippen LogP contribution >= 0.6 is 0 Å². The predicted octanol–water partition coefficient (Wildman–Crippen LogP) is 1.95. The number of pyridine rings is 1. The van der Waals surface area contributed by atoms with E-state index in [9.17, 15) is 4.79 Å². The van der Waals surface area contributed by atoms with E-state index in [4.69, 9.17) is 0 Å². The number of carbonyl (C=O) groups is 1. The minimum atomic E-state index is 0.0207. The number of nitrogens with zero attached hydrogens (tertiary/aromatic N) is 2. The van der Waals surface area contributed by atoms with Gasteiger partial charge in [-0.2, -0.15) is 0 Å². The summed E-state index contributed by atoms with van der Waals surface area (Å²) in [6.45, 7) is 2.99. The van der Waals surface area contributed by atoms with Gasteiger partial charge in [0.2, 0.25) is 0 Å². The predicted molar refractivity (Wildman–Crippen MR) is 60.0 cm³/mol. The lowest BCUT2D eigenvalue weighted by Crippen LogP contribution is -2.41. The van der Waals surface area contributed by atoms with Crippen LogP contribution in [0.1, 0.15) is 24.8 Å². The minimum absolute atomic E-state index is 0.0207. The second-order valence-electron chi connectivity index (χ2n) is 4.04. The summed E-state index contributed by atoms with van der Waals surface area (Å²) in [4.78, 5) is 17.5. The molecule has 1 atom stereocenters. The maximum absolute atomic E-state index is 11.0. The molecule has 3 nitrogen and oxygen atoms in total. The van der Waals surface area contributed by atoms with Gasteiger partial charge >= 0.3 is 0 Å². The van der Waals surface area contributed by atoms with Crippen LogP contribution in [0.15, 0.2) is 18.3 Å². The fourth-order valence-electron chi connectivity index (χ4n) is 2.14. The number of aldehydes is 1. The molecule has 0 aromatic carbocycles. The average molecular weight is 204 g/mol. The van der Waals surface area contributed by atoms with Gasteiger partial charge in [-0.3, -0.25) is 0 Å². The number of piperidine rings is 1. The number of carbonyl (C=O) groups excluding carboxylic acids is 1. The molecule has 0 spiro atoms. The van der Waals surface area contributed by atoms with Gasteiger partial charge < -0.3 is 9.69 Å². The van der Waals surface area contributed by atoms with E-state index in [1.165, 1.54) is 0 Å². The topological polar surface area (TPSA) is 33.2 Å². The Morgan fingerprint density at radius 3 is 3.13 bits per heavy atom. The highest BCUT2D eigenvalue weighted by molar-refractivity contribution is 5.66. The zero-order chi connectivity index (χ0) is 10.7. The first-order valence-corrected chi connectivity index (χ1v) is 5.46. The van der Waals surface area contributed by atoms with Crippen molar-refractivity contribution >= 4 is 12.1 Å². The van der Waals surface area contributed by atoms with Crippen molar-refractivity contribution in [3.63, 3.8) is 0 Å². The van der Waals surface area contributed by atoms with Crippen molar-refractivity contribution in [3.8, 4) is 0 Å². The molecule has 1 saturated heterocycles. The van der Waals surface area contributed by atoms with Crippen LogP contribution in [0.2, 0.25) is 0 Å². The highest BCUT2D eigenvalue weighted by Crippen LogP contribution is 2.24. The van der Waals surface area contributed by atoms with Crippen molar-refractivity contribution in [1.82, 2.24) is 4.98 Å². The number of anilines is 1. The van der Waals surface area contributed by atoms with Gasteiger partial charge in [0.15, 0.2) is 0 Å². The number of hydrogen-bond donors (Lipinski definition) is 0. The van der Waals surface area contributed by atoms with Crippen LogP contribution in [0, 0.1) is 6.92 Å². The third-order valence-corrected chi connectivity index (χ3v) is 2.96. The molecule has 0 aliphatic carbocycles. The third kappa shape index (κ3) is 2.01. The summed E-state index contributed by atoms with van der Waals surface area (Å²) in [5, 5.41) is 0. The molecule has 0 radical (unpaired) electrons. The van der Waals surface area contributed by atoms with Gasteiger partial charge in [-0.15, -0.1) is 0 Å². The molecule has 2 rings (SSSR count). The van der Waals surface area contributed by atoms with Crippen molar-refractivity contribution < 1.29 is 4.79 Å². The average Bonchev–Trinajstić information content (AvgIpc) is 2.30. The Morgan fingerprint density at radius 1 is 1.53 bits per heavy atom. The normalized spacial score (nSPS) is 21.4. The SMILES string of the molecule is Cc1cccnc1N1CCCCC1C=O. The summed E-state index contributed by atoms with van der Waals surface area (Å²) >= 11 is 0. The van der Waals surface area contributed by atoms with Gasteiger partial charge in [-0.1, -0.05) is 6.07 Å². The summed E-state index contributed by atoms with van der Waals surface area (Å²) in [6, 6.07) is 3.99. The smallest absolute Gasteiger partial charge is 0.142 e. The maximum Gasteiger partial charge on any atom is 0.142 e. The van der Waals surface area contributed by atoms with E-state index >= 15 is 0 Å². The lowest BCUT2D eigenvalue weighted by atomic mass is 10.0. The molecule has 1 aromatic heterocycles. The van der Waals surface area contributed by atoms with E-state index in [-0.39, 0.29) is 6.04 Å². The molecule has 1 aromatic rings. The van der Waals surface area contributed by atoms with E-state index in [2.05, 4.69) is 9.88 Å². The molecular weight excluding hydrogens is 188 g/mol. The van der Waals surface area contributed by atoms with Gasteiger partial charge in [0.05, 0.1) is 6.04 Å². The molecule has 3 heteroatoms. The summed E-state index contributed by atoms with van der Waals surface area (Å²) in [5.41, 5.74) is 1.14. The van der Waals surface area contributed by atoms with E-state index in [0.717, 1.165) is 43.5 Å². The van der Waals surface area contributed by atoms with Crippen LogP contribution in [-0.2, 0) is 4.79 Å². The second-order valence-corrected chi connectivity index (χ2v) is 4.04. The minimum Gasteiger partial charge on any atom is -0.347 e. The number of aromatic nitrogens is 1. The Morgan fingerprint density at radius 2 is 2.40 bits per heavy atom. The number of hydrogen-bond acceptors (Lipinski definition) is 3. The monoisotopic (exact) mass is 204 g/mol. The lowest BCUT2D eigenvalue weighted by Gasteiger charge is -2.34. The Balaban J connectivity index is 2.28. The molecule has 0 amide bonds. The van der Waals surface area contributed by atoms with Crippen molar-refractivity contribution in [3.05, 3.63) is 23.9 Å². The Labute approximate surface area is 90.1 Å². The molecule has 2 heterocycles. The zero-order valence-corrected chi connectivity index (χ0v) is 9.02. The quantitative estimate of drug-likeness (QED) is 0.690.